The van der Waals surface area contributed by atoms with E-state index in [1.54, 1.807) is 0 Å². The molecular weight excluding hydrogens is 388 g/mol. The van der Waals surface area contributed by atoms with E-state index < -0.39 is 11.0 Å². The summed E-state index contributed by atoms with van der Waals surface area (Å²) in [4.78, 5) is 29.5. The molecule has 1 saturated carbocycles. The van der Waals surface area contributed by atoms with Gasteiger partial charge in [0.25, 0.3) is 0 Å². The summed E-state index contributed by atoms with van der Waals surface area (Å²) in [5.41, 5.74) is 1.38. The van der Waals surface area contributed by atoms with E-state index in [1.165, 1.54) is 10.9 Å². The molecule has 1 aliphatic carbocycles. The number of carbonyl (C=O) groups is 2. The highest BCUT2D eigenvalue weighted by Gasteiger charge is 2.44. The van der Waals surface area contributed by atoms with Crippen molar-refractivity contribution in [3.05, 3.63) is 36.0 Å². The lowest BCUT2D eigenvalue weighted by Crippen LogP contribution is -2.43. The van der Waals surface area contributed by atoms with Crippen LogP contribution >= 0.6 is 0 Å². The Balaban J connectivity index is 1.64. The molecule has 1 atom stereocenters. The van der Waals surface area contributed by atoms with Gasteiger partial charge in [0.2, 0.25) is 5.91 Å². The number of ether oxygens (including phenoxy) is 1. The van der Waals surface area contributed by atoms with Crippen LogP contribution in [0.1, 0.15) is 78.2 Å². The lowest BCUT2D eigenvalue weighted by Gasteiger charge is -2.32. The zero-order valence-corrected chi connectivity index (χ0v) is 19.6. The fourth-order valence-electron chi connectivity index (χ4n) is 4.92. The zero-order valence-electron chi connectivity index (χ0n) is 19.6. The van der Waals surface area contributed by atoms with Gasteiger partial charge in [0.15, 0.2) is 0 Å². The van der Waals surface area contributed by atoms with Crippen molar-refractivity contribution >= 4 is 22.8 Å². The van der Waals surface area contributed by atoms with Crippen LogP contribution in [-0.4, -0.2) is 29.0 Å². The summed E-state index contributed by atoms with van der Waals surface area (Å²) in [5.74, 6) is -0.275. The van der Waals surface area contributed by atoms with Gasteiger partial charge in [0, 0.05) is 29.1 Å². The van der Waals surface area contributed by atoms with Gasteiger partial charge < -0.3 is 15.0 Å². The summed E-state index contributed by atoms with van der Waals surface area (Å²) in [6, 6.07) is 8.23. The highest BCUT2D eigenvalue weighted by atomic mass is 16.6. The zero-order chi connectivity index (χ0) is 22.5. The summed E-state index contributed by atoms with van der Waals surface area (Å²) in [6.45, 7) is 8.39. The van der Waals surface area contributed by atoms with Gasteiger partial charge in [-0.25, -0.2) is 0 Å². The number of esters is 1. The maximum absolute atomic E-state index is 13.3. The maximum atomic E-state index is 13.3. The minimum Gasteiger partial charge on any atom is -0.460 e. The molecule has 1 unspecified atom stereocenters. The van der Waals surface area contributed by atoms with Crippen molar-refractivity contribution in [2.24, 2.45) is 11.3 Å². The molecule has 1 aromatic heterocycles. The summed E-state index contributed by atoms with van der Waals surface area (Å²) in [7, 11) is 0. The van der Waals surface area contributed by atoms with E-state index in [0.717, 1.165) is 50.5 Å². The largest absolute Gasteiger partial charge is 0.460 e. The number of rotatable bonds is 9. The highest BCUT2D eigenvalue weighted by Crippen LogP contribution is 2.44. The Bertz CT molecular complexity index is 887. The third-order valence-corrected chi connectivity index (χ3v) is 6.41. The van der Waals surface area contributed by atoms with Gasteiger partial charge in [-0.05, 0) is 64.5 Å². The molecule has 5 heteroatoms. The van der Waals surface area contributed by atoms with Crippen molar-refractivity contribution in [3.8, 4) is 0 Å². The normalized spacial score (nSPS) is 16.9. The first-order valence-electron chi connectivity index (χ1n) is 11.8. The molecule has 0 aliphatic heterocycles. The molecule has 0 radical (unpaired) electrons. The monoisotopic (exact) mass is 426 g/mol. The van der Waals surface area contributed by atoms with Crippen LogP contribution in [0.25, 0.3) is 10.9 Å². The van der Waals surface area contributed by atoms with Crippen LogP contribution in [0.4, 0.5) is 0 Å². The van der Waals surface area contributed by atoms with Gasteiger partial charge in [-0.3, -0.25) is 9.59 Å². The van der Waals surface area contributed by atoms with Crippen molar-refractivity contribution in [1.82, 2.24) is 10.3 Å². The molecule has 3 rings (SSSR count). The first kappa shape index (κ1) is 23.4. The molecule has 1 heterocycles. The SMILES string of the molecule is CCCC(CC1(C(=O)NCCc2c[nH]c3ccccc23)CCCC1)C(=O)OC(C)(C)C. The van der Waals surface area contributed by atoms with Crippen LogP contribution in [0.3, 0.4) is 0 Å². The smallest absolute Gasteiger partial charge is 0.309 e. The van der Waals surface area contributed by atoms with Crippen LogP contribution in [0.15, 0.2) is 30.5 Å². The predicted octanol–water partition coefficient (Wildman–Crippen LogP) is 5.54. The molecule has 1 amide bonds. The first-order chi connectivity index (χ1) is 14.7. The number of para-hydroxylation sites is 1. The van der Waals surface area contributed by atoms with Gasteiger partial charge in [0.1, 0.15) is 5.60 Å². The fraction of sp³-hybridized carbons (Fsp3) is 0.615. The van der Waals surface area contributed by atoms with Crippen molar-refractivity contribution in [2.75, 3.05) is 6.54 Å². The molecule has 0 saturated heterocycles. The molecule has 1 aromatic carbocycles. The van der Waals surface area contributed by atoms with Crippen molar-refractivity contribution in [2.45, 2.75) is 84.7 Å². The number of fused-ring (bicyclic) bond motifs is 1. The first-order valence-corrected chi connectivity index (χ1v) is 11.8. The molecule has 170 valence electrons. The van der Waals surface area contributed by atoms with Crippen LogP contribution in [0, 0.1) is 11.3 Å². The van der Waals surface area contributed by atoms with E-state index in [0.29, 0.717) is 13.0 Å². The highest BCUT2D eigenvalue weighted by molar-refractivity contribution is 5.85. The predicted molar refractivity (Wildman–Crippen MR) is 125 cm³/mol. The number of hydrogen-bond donors (Lipinski definition) is 2. The quantitative estimate of drug-likeness (QED) is 0.518. The second-order valence-electron chi connectivity index (χ2n) is 10.1. The maximum Gasteiger partial charge on any atom is 0.309 e. The third-order valence-electron chi connectivity index (χ3n) is 6.41. The average Bonchev–Trinajstić information content (AvgIpc) is 3.34. The summed E-state index contributed by atoms with van der Waals surface area (Å²) < 4.78 is 5.68. The van der Waals surface area contributed by atoms with Gasteiger partial charge in [-0.1, -0.05) is 44.4 Å². The van der Waals surface area contributed by atoms with Crippen molar-refractivity contribution < 1.29 is 14.3 Å². The van der Waals surface area contributed by atoms with Crippen LogP contribution in [-0.2, 0) is 20.7 Å². The molecule has 1 aliphatic rings. The standard InChI is InChI=1S/C26H38N2O3/c1-5-10-19(23(29)31-25(2,3)4)17-26(14-8-9-15-26)24(30)27-16-13-20-18-28-22-12-7-6-11-21(20)22/h6-7,11-12,18-19,28H,5,8-10,13-17H2,1-4H3,(H,27,30). The number of aromatic amines is 1. The third kappa shape index (κ3) is 5.90. The number of nitrogens with one attached hydrogen (secondary N) is 2. The van der Waals surface area contributed by atoms with E-state index in [1.807, 2.05) is 39.1 Å². The van der Waals surface area contributed by atoms with Gasteiger partial charge in [-0.2, -0.15) is 0 Å². The van der Waals surface area contributed by atoms with Crippen molar-refractivity contribution in [1.29, 1.82) is 0 Å². The molecule has 2 aromatic rings. The molecule has 2 N–H and O–H groups in total. The molecule has 31 heavy (non-hydrogen) atoms. The Kier molecular flexibility index (Phi) is 7.45. The molecular formula is C26H38N2O3. The number of hydrogen-bond acceptors (Lipinski definition) is 3. The van der Waals surface area contributed by atoms with Crippen LogP contribution in [0.2, 0.25) is 0 Å². The second kappa shape index (κ2) is 9.88. The fourth-order valence-corrected chi connectivity index (χ4v) is 4.92. The summed E-state index contributed by atoms with van der Waals surface area (Å²) >= 11 is 0. The average molecular weight is 427 g/mol. The number of carbonyl (C=O) groups excluding carboxylic acids is 2. The van der Waals surface area contributed by atoms with Gasteiger partial charge in [-0.15, -0.1) is 0 Å². The molecule has 5 nitrogen and oxygen atoms in total. The number of aromatic nitrogens is 1. The lowest BCUT2D eigenvalue weighted by molar-refractivity contribution is -0.162. The minimum atomic E-state index is -0.506. The van der Waals surface area contributed by atoms with Gasteiger partial charge >= 0.3 is 5.97 Å². The summed E-state index contributed by atoms with van der Waals surface area (Å²) in [5, 5.41) is 4.41. The Labute approximate surface area is 186 Å². The Morgan fingerprint density at radius 3 is 2.58 bits per heavy atom. The number of benzene rings is 1. The van der Waals surface area contributed by atoms with Crippen molar-refractivity contribution in [3.63, 3.8) is 0 Å². The Morgan fingerprint density at radius 2 is 1.90 bits per heavy atom. The van der Waals surface area contributed by atoms with Crippen LogP contribution < -0.4 is 5.32 Å². The molecule has 0 bridgehead atoms. The minimum absolute atomic E-state index is 0.106. The van der Waals surface area contributed by atoms with E-state index in [9.17, 15) is 9.59 Å². The second-order valence-corrected chi connectivity index (χ2v) is 10.1. The van der Waals surface area contributed by atoms with E-state index in [4.69, 9.17) is 4.74 Å². The van der Waals surface area contributed by atoms with E-state index >= 15 is 0 Å². The lowest BCUT2D eigenvalue weighted by atomic mass is 9.75. The van der Waals surface area contributed by atoms with E-state index in [-0.39, 0.29) is 17.8 Å². The van der Waals surface area contributed by atoms with Gasteiger partial charge in [0.05, 0.1) is 5.92 Å². The Hall–Kier alpha value is -2.30. The summed E-state index contributed by atoms with van der Waals surface area (Å²) in [6.07, 6.45) is 8.88. The van der Waals surface area contributed by atoms with E-state index in [2.05, 4.69) is 29.4 Å². The Morgan fingerprint density at radius 1 is 1.19 bits per heavy atom. The number of amides is 1. The molecule has 1 fully saturated rings. The number of H-pyrrole nitrogens is 1. The topological polar surface area (TPSA) is 71.2 Å². The van der Waals surface area contributed by atoms with Crippen LogP contribution in [0.5, 0.6) is 0 Å². The molecule has 0 spiro atoms.